The van der Waals surface area contributed by atoms with Crippen LogP contribution in [0.3, 0.4) is 0 Å². The summed E-state index contributed by atoms with van der Waals surface area (Å²) >= 11 is 0. The summed E-state index contributed by atoms with van der Waals surface area (Å²) in [6, 6.07) is 10.5. The van der Waals surface area contributed by atoms with Crippen LogP contribution in [0.2, 0.25) is 0 Å². The number of esters is 1. The minimum absolute atomic E-state index is 0.204. The zero-order chi connectivity index (χ0) is 23.0. The summed E-state index contributed by atoms with van der Waals surface area (Å²) in [5.41, 5.74) is 2.04. The van der Waals surface area contributed by atoms with Crippen molar-refractivity contribution in [1.29, 1.82) is 0 Å². The van der Waals surface area contributed by atoms with E-state index in [4.69, 9.17) is 9.47 Å². The Labute approximate surface area is 190 Å². The molecule has 1 N–H and O–H groups in total. The van der Waals surface area contributed by atoms with E-state index in [2.05, 4.69) is 26.7 Å². The van der Waals surface area contributed by atoms with Crippen LogP contribution < -0.4 is 14.4 Å². The molecule has 1 aromatic heterocycles. The highest BCUT2D eigenvalue weighted by atomic mass is 32.2. The summed E-state index contributed by atoms with van der Waals surface area (Å²) in [4.78, 5) is 18.4. The van der Waals surface area contributed by atoms with Crippen molar-refractivity contribution in [2.45, 2.75) is 31.7 Å². The number of nitrogens with zero attached hydrogens (tertiary/aromatic N) is 2. The molecule has 8 nitrogen and oxygen atoms in total. The molecule has 2 aromatic rings. The van der Waals surface area contributed by atoms with Gasteiger partial charge in [-0.25, -0.2) is 13.1 Å². The van der Waals surface area contributed by atoms with Gasteiger partial charge in [-0.3, -0.25) is 9.78 Å². The SMILES string of the molecule is COC(=O)C(Cc1ccc(OCCC2CCN(c3ccncc3)CC2)cc1)NS(C)(=O)=O. The van der Waals surface area contributed by atoms with E-state index in [1.54, 1.807) is 0 Å². The van der Waals surface area contributed by atoms with E-state index in [9.17, 15) is 13.2 Å². The second-order valence-corrected chi connectivity index (χ2v) is 9.87. The normalized spacial score (nSPS) is 15.9. The number of anilines is 1. The van der Waals surface area contributed by atoms with Crippen LogP contribution in [0.1, 0.15) is 24.8 Å². The molecule has 0 saturated carbocycles. The number of aromatic nitrogens is 1. The van der Waals surface area contributed by atoms with E-state index in [1.807, 2.05) is 36.7 Å². The van der Waals surface area contributed by atoms with Crippen LogP contribution in [0.4, 0.5) is 5.69 Å². The molecule has 1 saturated heterocycles. The van der Waals surface area contributed by atoms with Gasteiger partial charge in [-0.1, -0.05) is 12.1 Å². The Morgan fingerprint density at radius 3 is 2.41 bits per heavy atom. The maximum absolute atomic E-state index is 11.9. The Balaban J connectivity index is 1.42. The van der Waals surface area contributed by atoms with Crippen molar-refractivity contribution in [2.75, 3.05) is 38.0 Å². The van der Waals surface area contributed by atoms with E-state index in [1.165, 1.54) is 12.8 Å². The average molecular weight is 462 g/mol. The van der Waals surface area contributed by atoms with Crippen LogP contribution in [0.5, 0.6) is 5.75 Å². The number of carbonyl (C=O) groups is 1. The van der Waals surface area contributed by atoms with Crippen molar-refractivity contribution in [3.63, 3.8) is 0 Å². The number of hydrogen-bond donors (Lipinski definition) is 1. The predicted octanol–water partition coefficient (Wildman–Crippen LogP) is 2.40. The number of pyridine rings is 1. The Bertz CT molecular complexity index is 959. The van der Waals surface area contributed by atoms with Gasteiger partial charge in [0.1, 0.15) is 11.8 Å². The second kappa shape index (κ2) is 11.3. The van der Waals surface area contributed by atoms with Crippen LogP contribution in [0.15, 0.2) is 48.8 Å². The lowest BCUT2D eigenvalue weighted by Crippen LogP contribution is -2.42. The number of rotatable bonds is 10. The lowest BCUT2D eigenvalue weighted by Gasteiger charge is -2.33. The topological polar surface area (TPSA) is 97.8 Å². The van der Waals surface area contributed by atoms with Crippen molar-refractivity contribution >= 4 is 21.7 Å². The fourth-order valence-corrected chi connectivity index (χ4v) is 4.61. The molecule has 0 amide bonds. The zero-order valence-corrected chi connectivity index (χ0v) is 19.4. The molecule has 9 heteroatoms. The van der Waals surface area contributed by atoms with E-state index in [0.29, 0.717) is 12.5 Å². The molecule has 32 heavy (non-hydrogen) atoms. The van der Waals surface area contributed by atoms with Gasteiger partial charge in [-0.15, -0.1) is 0 Å². The number of sulfonamides is 1. The van der Waals surface area contributed by atoms with Crippen LogP contribution in [0.25, 0.3) is 0 Å². The van der Waals surface area contributed by atoms with Gasteiger partial charge >= 0.3 is 5.97 Å². The van der Waals surface area contributed by atoms with Crippen molar-refractivity contribution in [3.05, 3.63) is 54.4 Å². The van der Waals surface area contributed by atoms with Gasteiger partial charge in [0, 0.05) is 31.2 Å². The first kappa shape index (κ1) is 24.0. The molecular formula is C23H31N3O5S. The molecule has 0 radical (unpaired) electrons. The molecule has 1 aliphatic heterocycles. The van der Waals surface area contributed by atoms with Gasteiger partial charge in [-0.2, -0.15) is 0 Å². The lowest BCUT2D eigenvalue weighted by atomic mass is 9.93. The first-order valence-corrected chi connectivity index (χ1v) is 12.6. The summed E-state index contributed by atoms with van der Waals surface area (Å²) in [5.74, 6) is 0.787. The lowest BCUT2D eigenvalue weighted by molar-refractivity contribution is -0.142. The fraction of sp³-hybridized carbons (Fsp3) is 0.478. The predicted molar refractivity (Wildman–Crippen MR) is 123 cm³/mol. The first-order chi connectivity index (χ1) is 15.3. The molecule has 174 valence electrons. The highest BCUT2D eigenvalue weighted by Crippen LogP contribution is 2.25. The first-order valence-electron chi connectivity index (χ1n) is 10.8. The minimum atomic E-state index is -3.53. The third-order valence-corrected chi connectivity index (χ3v) is 6.36. The Hall–Kier alpha value is -2.65. The van der Waals surface area contributed by atoms with Crippen LogP contribution in [-0.2, 0) is 26.0 Å². The van der Waals surface area contributed by atoms with E-state index in [0.717, 1.165) is 49.9 Å². The zero-order valence-electron chi connectivity index (χ0n) is 18.6. The molecular weight excluding hydrogens is 430 g/mol. The van der Waals surface area contributed by atoms with Gasteiger partial charge in [0.05, 0.1) is 20.0 Å². The Kier molecular flexibility index (Phi) is 8.46. The summed E-state index contributed by atoms with van der Waals surface area (Å²) in [7, 11) is -2.29. The number of methoxy groups -OCH3 is 1. The maximum Gasteiger partial charge on any atom is 0.324 e. The highest BCUT2D eigenvalue weighted by Gasteiger charge is 2.23. The molecule has 1 aromatic carbocycles. The molecule has 3 rings (SSSR count). The second-order valence-electron chi connectivity index (χ2n) is 8.09. The number of hydrogen-bond acceptors (Lipinski definition) is 7. The summed E-state index contributed by atoms with van der Waals surface area (Å²) in [5, 5.41) is 0. The van der Waals surface area contributed by atoms with Crippen LogP contribution >= 0.6 is 0 Å². The maximum atomic E-state index is 11.9. The van der Waals surface area contributed by atoms with Crippen LogP contribution in [0, 0.1) is 5.92 Å². The monoisotopic (exact) mass is 461 g/mol. The highest BCUT2D eigenvalue weighted by molar-refractivity contribution is 7.88. The van der Waals surface area contributed by atoms with Crippen molar-refractivity contribution in [3.8, 4) is 5.75 Å². The Morgan fingerprint density at radius 1 is 1.16 bits per heavy atom. The number of ether oxygens (including phenoxy) is 2. The van der Waals surface area contributed by atoms with E-state index in [-0.39, 0.29) is 6.42 Å². The molecule has 1 fully saturated rings. The van der Waals surface area contributed by atoms with Crippen molar-refractivity contribution in [2.24, 2.45) is 5.92 Å². The smallest absolute Gasteiger partial charge is 0.324 e. The van der Waals surface area contributed by atoms with Gasteiger partial charge in [0.25, 0.3) is 0 Å². The minimum Gasteiger partial charge on any atom is -0.494 e. The van der Waals surface area contributed by atoms with Gasteiger partial charge in [0.2, 0.25) is 10.0 Å². The number of nitrogens with one attached hydrogen (secondary N) is 1. The third-order valence-electron chi connectivity index (χ3n) is 5.64. The van der Waals surface area contributed by atoms with Crippen molar-refractivity contribution < 1.29 is 22.7 Å². The molecule has 2 heterocycles. The van der Waals surface area contributed by atoms with Gasteiger partial charge in [-0.05, 0) is 61.4 Å². The summed E-state index contributed by atoms with van der Waals surface area (Å²) in [6.07, 6.45) is 8.18. The molecule has 0 bridgehead atoms. The largest absolute Gasteiger partial charge is 0.494 e. The van der Waals surface area contributed by atoms with Gasteiger partial charge in [0.15, 0.2) is 0 Å². The van der Waals surface area contributed by atoms with E-state index >= 15 is 0 Å². The number of benzene rings is 1. The summed E-state index contributed by atoms with van der Waals surface area (Å²) < 4.78 is 35.9. The molecule has 0 aliphatic carbocycles. The standard InChI is InChI=1S/C23H31N3O5S/c1-30-23(27)22(25-32(2,28)29)17-19-3-5-21(6-4-19)31-16-11-18-9-14-26(15-10-18)20-7-12-24-13-8-20/h3-8,12-13,18,22,25H,9-11,14-17H2,1-2H3. The number of piperidine rings is 1. The fourth-order valence-electron chi connectivity index (χ4n) is 3.91. The molecule has 0 spiro atoms. The average Bonchev–Trinajstić information content (AvgIpc) is 2.79. The quantitative estimate of drug-likeness (QED) is 0.543. The Morgan fingerprint density at radius 2 is 1.81 bits per heavy atom. The number of carbonyl (C=O) groups excluding carboxylic acids is 1. The van der Waals surface area contributed by atoms with Gasteiger partial charge < -0.3 is 14.4 Å². The molecule has 1 unspecified atom stereocenters. The van der Waals surface area contributed by atoms with E-state index < -0.39 is 22.0 Å². The summed E-state index contributed by atoms with van der Waals surface area (Å²) in [6.45, 7) is 2.75. The molecule has 1 aliphatic rings. The third kappa shape index (κ3) is 7.49. The van der Waals surface area contributed by atoms with Crippen LogP contribution in [-0.4, -0.2) is 58.5 Å². The molecule has 1 atom stereocenters. The van der Waals surface area contributed by atoms with Crippen molar-refractivity contribution in [1.82, 2.24) is 9.71 Å².